The Labute approximate surface area is 153 Å². The van der Waals surface area contributed by atoms with E-state index in [1.807, 2.05) is 0 Å². The molecule has 0 saturated carbocycles. The molecule has 1 aliphatic rings. The summed E-state index contributed by atoms with van der Waals surface area (Å²) in [7, 11) is 0. The van der Waals surface area contributed by atoms with Crippen molar-refractivity contribution in [2.24, 2.45) is 0 Å². The number of likely N-dealkylation sites (tertiary alicyclic amines) is 1. The summed E-state index contributed by atoms with van der Waals surface area (Å²) >= 11 is 3.23. The number of benzene rings is 1. The number of ether oxygens (including phenoxy) is 1. The van der Waals surface area contributed by atoms with Crippen molar-refractivity contribution in [3.63, 3.8) is 0 Å². The van der Waals surface area contributed by atoms with Crippen molar-refractivity contribution in [1.82, 2.24) is 4.90 Å². The van der Waals surface area contributed by atoms with Gasteiger partial charge in [-0.05, 0) is 45.7 Å². The van der Waals surface area contributed by atoms with Crippen LogP contribution < -0.4 is 5.32 Å². The maximum Gasteiger partial charge on any atom is 0.410 e. The third kappa shape index (κ3) is 4.91. The fraction of sp³-hybridized carbons (Fsp3) is 0.500. The van der Waals surface area contributed by atoms with E-state index in [1.54, 1.807) is 20.8 Å². The van der Waals surface area contributed by atoms with Crippen LogP contribution in [0, 0.1) is 10.1 Å². The highest BCUT2D eigenvalue weighted by Gasteiger charge is 2.37. The number of hydrogen-bond donors (Lipinski definition) is 1. The Bertz CT molecular complexity index is 702. The van der Waals surface area contributed by atoms with Gasteiger partial charge in [0.2, 0.25) is 5.91 Å². The van der Waals surface area contributed by atoms with E-state index in [0.29, 0.717) is 23.9 Å². The summed E-state index contributed by atoms with van der Waals surface area (Å²) in [6, 6.07) is 3.58. The molecule has 2 rings (SSSR count). The van der Waals surface area contributed by atoms with Gasteiger partial charge >= 0.3 is 6.09 Å². The number of hydrogen-bond acceptors (Lipinski definition) is 5. The van der Waals surface area contributed by atoms with E-state index in [1.165, 1.54) is 23.1 Å². The second kappa shape index (κ2) is 7.38. The molecule has 1 aromatic carbocycles. The second-order valence-electron chi connectivity index (χ2n) is 6.74. The van der Waals surface area contributed by atoms with E-state index in [0.717, 1.165) is 0 Å². The quantitative estimate of drug-likeness (QED) is 0.600. The van der Waals surface area contributed by atoms with Crippen molar-refractivity contribution in [3.8, 4) is 0 Å². The van der Waals surface area contributed by atoms with E-state index in [9.17, 15) is 19.7 Å². The topological polar surface area (TPSA) is 102 Å². The van der Waals surface area contributed by atoms with Crippen molar-refractivity contribution in [1.29, 1.82) is 0 Å². The number of anilines is 1. The highest BCUT2D eigenvalue weighted by atomic mass is 79.9. The Hall–Kier alpha value is -2.16. The summed E-state index contributed by atoms with van der Waals surface area (Å²) in [4.78, 5) is 36.8. The molecule has 0 radical (unpaired) electrons. The first-order valence-corrected chi connectivity index (χ1v) is 8.62. The predicted octanol–water partition coefficient (Wildman–Crippen LogP) is 3.70. The molecule has 2 amide bonds. The minimum absolute atomic E-state index is 0.0837. The van der Waals surface area contributed by atoms with Gasteiger partial charge in [-0.1, -0.05) is 15.9 Å². The molecule has 0 unspecified atom stereocenters. The number of rotatable bonds is 3. The van der Waals surface area contributed by atoms with Crippen LogP contribution in [0.2, 0.25) is 0 Å². The average Bonchev–Trinajstić information content (AvgIpc) is 2.94. The number of nitrogens with one attached hydrogen (secondary N) is 1. The maximum absolute atomic E-state index is 12.6. The van der Waals surface area contributed by atoms with Gasteiger partial charge in [-0.25, -0.2) is 4.79 Å². The molecule has 1 atom stereocenters. The van der Waals surface area contributed by atoms with Crippen molar-refractivity contribution in [2.75, 3.05) is 11.9 Å². The molecule has 1 fully saturated rings. The molecule has 1 saturated heterocycles. The molecule has 136 valence electrons. The fourth-order valence-corrected chi connectivity index (χ4v) is 2.92. The fourth-order valence-electron chi connectivity index (χ4n) is 2.56. The van der Waals surface area contributed by atoms with Crippen molar-refractivity contribution in [2.45, 2.75) is 45.3 Å². The van der Waals surface area contributed by atoms with Crippen LogP contribution >= 0.6 is 15.9 Å². The van der Waals surface area contributed by atoms with Crippen LogP contribution in [0.1, 0.15) is 33.6 Å². The van der Waals surface area contributed by atoms with Crippen LogP contribution in [0.4, 0.5) is 16.2 Å². The molecule has 1 N–H and O–H groups in total. The van der Waals surface area contributed by atoms with Gasteiger partial charge in [0.15, 0.2) is 0 Å². The largest absolute Gasteiger partial charge is 0.444 e. The van der Waals surface area contributed by atoms with Crippen LogP contribution in [-0.4, -0.2) is 40.0 Å². The normalized spacial score (nSPS) is 17.3. The van der Waals surface area contributed by atoms with Gasteiger partial charge in [-0.15, -0.1) is 0 Å². The smallest absolute Gasteiger partial charge is 0.410 e. The molecule has 0 aromatic heterocycles. The summed E-state index contributed by atoms with van der Waals surface area (Å²) in [5.41, 5.74) is -0.789. The highest BCUT2D eigenvalue weighted by Crippen LogP contribution is 2.29. The maximum atomic E-state index is 12.6. The number of nitrogens with zero attached hydrogens (tertiary/aromatic N) is 2. The number of halogens is 1. The van der Waals surface area contributed by atoms with Crippen LogP contribution in [0.5, 0.6) is 0 Å². The molecule has 9 heteroatoms. The minimum atomic E-state index is -0.714. The zero-order valence-corrected chi connectivity index (χ0v) is 15.8. The molecule has 1 heterocycles. The van der Waals surface area contributed by atoms with Crippen LogP contribution in [0.15, 0.2) is 22.7 Å². The molecule has 8 nitrogen and oxygen atoms in total. The van der Waals surface area contributed by atoms with E-state index >= 15 is 0 Å². The Morgan fingerprint density at radius 1 is 1.40 bits per heavy atom. The summed E-state index contributed by atoms with van der Waals surface area (Å²) in [5.74, 6) is -0.468. The number of amides is 2. The molecule has 0 bridgehead atoms. The summed E-state index contributed by atoms with van der Waals surface area (Å²) in [6.07, 6.45) is 0.582. The van der Waals surface area contributed by atoms with Crippen molar-refractivity contribution in [3.05, 3.63) is 32.8 Å². The SMILES string of the molecule is CC(C)(C)OC(=O)N1CCC[C@@H]1C(=O)Nc1cc(Br)ccc1[N+](=O)[O-]. The van der Waals surface area contributed by atoms with E-state index in [2.05, 4.69) is 21.2 Å². The molecule has 1 aromatic rings. The van der Waals surface area contributed by atoms with E-state index in [4.69, 9.17) is 4.74 Å². The van der Waals surface area contributed by atoms with Crippen molar-refractivity contribution >= 4 is 39.3 Å². The molecule has 25 heavy (non-hydrogen) atoms. The van der Waals surface area contributed by atoms with Gasteiger partial charge < -0.3 is 10.1 Å². The lowest BCUT2D eigenvalue weighted by Gasteiger charge is -2.28. The Morgan fingerprint density at radius 2 is 2.08 bits per heavy atom. The standard InChI is InChI=1S/C16H20BrN3O5/c1-16(2,3)25-15(22)19-8-4-5-13(19)14(21)18-11-9-10(17)6-7-12(11)20(23)24/h6-7,9,13H,4-5,8H2,1-3H3,(H,18,21)/t13-/m1/s1. The Kier molecular flexibility index (Phi) is 5.66. The van der Waals surface area contributed by atoms with Gasteiger partial charge in [0.25, 0.3) is 5.69 Å². The molecule has 0 aliphatic carbocycles. The van der Waals surface area contributed by atoms with Gasteiger partial charge in [-0.3, -0.25) is 19.8 Å². The van der Waals surface area contributed by atoms with Crippen LogP contribution in [0.3, 0.4) is 0 Å². The molecule has 1 aliphatic heterocycles. The van der Waals surface area contributed by atoms with Gasteiger partial charge in [0.05, 0.1) is 4.92 Å². The third-order valence-corrected chi connectivity index (χ3v) is 4.09. The minimum Gasteiger partial charge on any atom is -0.444 e. The number of nitro benzene ring substituents is 1. The molecular formula is C16H20BrN3O5. The zero-order chi connectivity index (χ0) is 18.8. The first kappa shape index (κ1) is 19.2. The number of carbonyl (C=O) groups is 2. The molecule has 0 spiro atoms. The van der Waals surface area contributed by atoms with Gasteiger partial charge in [-0.2, -0.15) is 0 Å². The lowest BCUT2D eigenvalue weighted by atomic mass is 10.2. The van der Waals surface area contributed by atoms with E-state index < -0.39 is 28.6 Å². The van der Waals surface area contributed by atoms with Crippen molar-refractivity contribution < 1.29 is 19.2 Å². The Balaban J connectivity index is 2.16. The lowest BCUT2D eigenvalue weighted by molar-refractivity contribution is -0.383. The Morgan fingerprint density at radius 3 is 2.68 bits per heavy atom. The number of nitro groups is 1. The lowest BCUT2D eigenvalue weighted by Crippen LogP contribution is -2.45. The monoisotopic (exact) mass is 413 g/mol. The first-order valence-electron chi connectivity index (χ1n) is 7.83. The second-order valence-corrected chi connectivity index (χ2v) is 7.66. The zero-order valence-electron chi connectivity index (χ0n) is 14.2. The summed E-state index contributed by atoms with van der Waals surface area (Å²) in [6.45, 7) is 5.66. The first-order chi connectivity index (χ1) is 11.6. The number of carbonyl (C=O) groups excluding carboxylic acids is 2. The van der Waals surface area contributed by atoms with Crippen LogP contribution in [-0.2, 0) is 9.53 Å². The average molecular weight is 414 g/mol. The van der Waals surface area contributed by atoms with Gasteiger partial charge in [0.1, 0.15) is 17.3 Å². The van der Waals surface area contributed by atoms with Crippen LogP contribution in [0.25, 0.3) is 0 Å². The summed E-state index contributed by atoms with van der Waals surface area (Å²) < 4.78 is 5.93. The summed E-state index contributed by atoms with van der Waals surface area (Å²) in [5, 5.41) is 13.7. The van der Waals surface area contributed by atoms with E-state index in [-0.39, 0.29) is 11.4 Å². The third-order valence-electron chi connectivity index (χ3n) is 3.60. The molecular weight excluding hydrogens is 394 g/mol. The van der Waals surface area contributed by atoms with Gasteiger partial charge in [0, 0.05) is 17.1 Å². The highest BCUT2D eigenvalue weighted by molar-refractivity contribution is 9.10. The predicted molar refractivity (Wildman–Crippen MR) is 95.4 cm³/mol.